The smallest absolute Gasteiger partial charge is 0.222 e. The molecule has 1 rings (SSSR count). The van der Waals surface area contributed by atoms with Crippen molar-refractivity contribution < 1.29 is 9.53 Å². The highest BCUT2D eigenvalue weighted by Gasteiger charge is 2.27. The van der Waals surface area contributed by atoms with Crippen LogP contribution in [0.1, 0.15) is 26.2 Å². The Hall–Kier alpha value is -0.220. The summed E-state index contributed by atoms with van der Waals surface area (Å²) in [5, 5.41) is 0. The molecule has 4 heteroatoms. The van der Waals surface area contributed by atoms with Crippen molar-refractivity contribution in [1.82, 2.24) is 4.90 Å². The monoisotopic (exact) mass is 231 g/mol. The maximum absolute atomic E-state index is 11.5. The molecule has 1 unspecified atom stereocenters. The molecule has 1 aliphatic rings. The van der Waals surface area contributed by atoms with Gasteiger partial charge in [-0.3, -0.25) is 4.79 Å². The fourth-order valence-corrected chi connectivity index (χ4v) is 2.04. The second-order valence-electron chi connectivity index (χ2n) is 4.06. The average Bonchev–Trinajstić information content (AvgIpc) is 2.59. The van der Waals surface area contributed by atoms with E-state index in [-0.39, 0.29) is 5.91 Å². The van der Waals surface area contributed by atoms with Crippen molar-refractivity contribution in [3.8, 4) is 0 Å². The first-order valence-corrected chi connectivity index (χ1v) is 6.37. The number of likely N-dealkylation sites (tertiary alicyclic amines) is 1. The molecule has 0 aliphatic carbocycles. The van der Waals surface area contributed by atoms with Crippen molar-refractivity contribution in [2.24, 2.45) is 5.92 Å². The Morgan fingerprint density at radius 3 is 2.93 bits per heavy atom. The predicted octanol–water partition coefficient (Wildman–Crippen LogP) is 1.58. The highest BCUT2D eigenvalue weighted by atomic mass is 32.1. The number of amides is 1. The Balaban J connectivity index is 2.08. The summed E-state index contributed by atoms with van der Waals surface area (Å²) in [7, 11) is 0. The molecular formula is C11H21NO2S. The third kappa shape index (κ3) is 4.43. The van der Waals surface area contributed by atoms with Crippen molar-refractivity contribution in [3.05, 3.63) is 0 Å². The minimum absolute atomic E-state index is 0.282. The lowest BCUT2D eigenvalue weighted by Crippen LogP contribution is -2.27. The summed E-state index contributed by atoms with van der Waals surface area (Å²) in [6, 6.07) is 0. The summed E-state index contributed by atoms with van der Waals surface area (Å²) in [4.78, 5) is 13.5. The van der Waals surface area contributed by atoms with Crippen LogP contribution in [0.5, 0.6) is 0 Å². The number of hydrogen-bond acceptors (Lipinski definition) is 3. The van der Waals surface area contributed by atoms with Crippen LogP contribution in [0.15, 0.2) is 0 Å². The lowest BCUT2D eigenvalue weighted by molar-refractivity contribution is -0.127. The van der Waals surface area contributed by atoms with Gasteiger partial charge < -0.3 is 9.64 Å². The molecule has 0 bridgehead atoms. The fourth-order valence-electron chi connectivity index (χ4n) is 1.80. The van der Waals surface area contributed by atoms with Crippen molar-refractivity contribution in [2.75, 3.05) is 32.1 Å². The van der Waals surface area contributed by atoms with E-state index in [0.717, 1.165) is 44.9 Å². The van der Waals surface area contributed by atoms with E-state index in [1.165, 1.54) is 0 Å². The van der Waals surface area contributed by atoms with Gasteiger partial charge in [0.05, 0.1) is 0 Å². The lowest BCUT2D eigenvalue weighted by Gasteiger charge is -2.15. The molecule has 0 aromatic carbocycles. The van der Waals surface area contributed by atoms with Crippen molar-refractivity contribution >= 4 is 18.5 Å². The van der Waals surface area contributed by atoms with Crippen molar-refractivity contribution in [3.63, 3.8) is 0 Å². The molecule has 0 aromatic rings. The summed E-state index contributed by atoms with van der Waals surface area (Å²) in [6.07, 6.45) is 2.69. The van der Waals surface area contributed by atoms with Gasteiger partial charge in [-0.2, -0.15) is 12.6 Å². The quantitative estimate of drug-likeness (QED) is 0.532. The van der Waals surface area contributed by atoms with Gasteiger partial charge in [0.1, 0.15) is 0 Å². The second-order valence-corrected chi connectivity index (χ2v) is 4.42. The molecule has 0 aromatic heterocycles. The molecule has 0 radical (unpaired) electrons. The molecule has 1 fully saturated rings. The summed E-state index contributed by atoms with van der Waals surface area (Å²) in [5.41, 5.74) is 0. The number of carbonyl (C=O) groups excluding carboxylic acids is 1. The van der Waals surface area contributed by atoms with E-state index in [9.17, 15) is 4.79 Å². The minimum atomic E-state index is 0.282. The van der Waals surface area contributed by atoms with E-state index in [1.807, 2.05) is 4.90 Å². The third-order valence-corrected chi connectivity index (χ3v) is 3.13. The lowest BCUT2D eigenvalue weighted by atomic mass is 10.1. The molecule has 88 valence electrons. The van der Waals surface area contributed by atoms with E-state index in [0.29, 0.717) is 12.3 Å². The summed E-state index contributed by atoms with van der Waals surface area (Å²) < 4.78 is 5.38. The van der Waals surface area contributed by atoms with Crippen LogP contribution in [0.25, 0.3) is 0 Å². The highest BCUT2D eigenvalue weighted by molar-refractivity contribution is 7.80. The number of nitrogens with zero attached hydrogens (tertiary/aromatic N) is 1. The molecule has 1 aliphatic heterocycles. The molecule has 0 N–H and O–H groups in total. The number of hydrogen-bond donors (Lipinski definition) is 1. The predicted molar refractivity (Wildman–Crippen MR) is 64.3 cm³/mol. The minimum Gasteiger partial charge on any atom is -0.381 e. The van der Waals surface area contributed by atoms with Crippen LogP contribution in [0.3, 0.4) is 0 Å². The van der Waals surface area contributed by atoms with Gasteiger partial charge >= 0.3 is 0 Å². The SMILES string of the molecule is CCCOCCCN1CC(CS)CC1=O. The molecule has 0 saturated carbocycles. The van der Waals surface area contributed by atoms with Gasteiger partial charge in [0.2, 0.25) is 5.91 Å². The van der Waals surface area contributed by atoms with Gasteiger partial charge in [0.25, 0.3) is 0 Å². The standard InChI is InChI=1S/C11H21NO2S/c1-2-5-14-6-3-4-12-8-10(9-15)7-11(12)13/h10,15H,2-9H2,1H3. The number of rotatable bonds is 7. The van der Waals surface area contributed by atoms with Gasteiger partial charge in [-0.1, -0.05) is 6.92 Å². The molecule has 1 atom stereocenters. The van der Waals surface area contributed by atoms with Crippen LogP contribution in [0.2, 0.25) is 0 Å². The molecule has 1 heterocycles. The zero-order valence-electron chi connectivity index (χ0n) is 9.45. The van der Waals surface area contributed by atoms with Gasteiger partial charge in [0.15, 0.2) is 0 Å². The Bertz CT molecular complexity index is 199. The van der Waals surface area contributed by atoms with Crippen LogP contribution in [0, 0.1) is 5.92 Å². The summed E-state index contributed by atoms with van der Waals surface area (Å²) >= 11 is 4.23. The van der Waals surface area contributed by atoms with Crippen molar-refractivity contribution in [2.45, 2.75) is 26.2 Å². The zero-order valence-corrected chi connectivity index (χ0v) is 10.3. The van der Waals surface area contributed by atoms with Crippen LogP contribution in [-0.2, 0) is 9.53 Å². The largest absolute Gasteiger partial charge is 0.381 e. The maximum atomic E-state index is 11.5. The first-order chi connectivity index (χ1) is 7.27. The summed E-state index contributed by atoms with van der Waals surface area (Å²) in [5.74, 6) is 1.55. The van der Waals surface area contributed by atoms with Gasteiger partial charge in [-0.15, -0.1) is 0 Å². The first kappa shape index (κ1) is 12.8. The van der Waals surface area contributed by atoms with Crippen LogP contribution < -0.4 is 0 Å². The topological polar surface area (TPSA) is 29.5 Å². The highest BCUT2D eigenvalue weighted by Crippen LogP contribution is 2.18. The van der Waals surface area contributed by atoms with E-state index < -0.39 is 0 Å². The van der Waals surface area contributed by atoms with E-state index in [2.05, 4.69) is 19.6 Å². The Labute approximate surface area is 97.6 Å². The Morgan fingerprint density at radius 1 is 1.53 bits per heavy atom. The number of ether oxygens (including phenoxy) is 1. The molecular weight excluding hydrogens is 210 g/mol. The molecule has 3 nitrogen and oxygen atoms in total. The fraction of sp³-hybridized carbons (Fsp3) is 0.909. The first-order valence-electron chi connectivity index (χ1n) is 5.74. The maximum Gasteiger partial charge on any atom is 0.222 e. The second kappa shape index (κ2) is 7.12. The Kier molecular flexibility index (Phi) is 6.10. The zero-order chi connectivity index (χ0) is 11.1. The molecule has 0 spiro atoms. The van der Waals surface area contributed by atoms with Gasteiger partial charge in [0, 0.05) is 32.7 Å². The number of carbonyl (C=O) groups is 1. The van der Waals surface area contributed by atoms with Gasteiger partial charge in [-0.25, -0.2) is 0 Å². The van der Waals surface area contributed by atoms with Crippen LogP contribution >= 0.6 is 12.6 Å². The Morgan fingerprint density at radius 2 is 2.33 bits per heavy atom. The third-order valence-electron chi connectivity index (χ3n) is 2.62. The van der Waals surface area contributed by atoms with Crippen LogP contribution in [-0.4, -0.2) is 42.9 Å². The number of thiol groups is 1. The molecule has 1 saturated heterocycles. The van der Waals surface area contributed by atoms with Crippen molar-refractivity contribution in [1.29, 1.82) is 0 Å². The average molecular weight is 231 g/mol. The molecule has 15 heavy (non-hydrogen) atoms. The van der Waals surface area contributed by atoms with Gasteiger partial charge in [-0.05, 0) is 24.5 Å². The van der Waals surface area contributed by atoms with E-state index in [1.54, 1.807) is 0 Å². The van der Waals surface area contributed by atoms with E-state index in [4.69, 9.17) is 4.74 Å². The van der Waals surface area contributed by atoms with Crippen LogP contribution in [0.4, 0.5) is 0 Å². The summed E-state index contributed by atoms with van der Waals surface area (Å²) in [6.45, 7) is 5.42. The van der Waals surface area contributed by atoms with E-state index >= 15 is 0 Å². The molecule has 1 amide bonds. The normalized spacial score (nSPS) is 21.3.